The summed E-state index contributed by atoms with van der Waals surface area (Å²) in [6, 6.07) is 3.19. The van der Waals surface area contributed by atoms with Gasteiger partial charge < -0.3 is 65.5 Å². The van der Waals surface area contributed by atoms with Crippen molar-refractivity contribution in [2.45, 2.75) is 149 Å². The first kappa shape index (κ1) is 64.3. The third kappa shape index (κ3) is 33.0. The summed E-state index contributed by atoms with van der Waals surface area (Å²) < 4.78 is 37.5. The monoisotopic (exact) mass is 1020 g/mol. The molecular weight excluding hydrogens is 943 g/mol. The molecule has 0 aliphatic heterocycles. The van der Waals surface area contributed by atoms with Gasteiger partial charge in [0.15, 0.2) is 5.78 Å². The Morgan fingerprint density at radius 2 is 0.986 bits per heavy atom. The number of Topliss-reactive ketones (excluding diaryl/α,β-unsaturated/α-hetero) is 1. The first-order valence-electron chi connectivity index (χ1n) is 24.2. The zero-order chi connectivity index (χ0) is 54.3. The Morgan fingerprint density at radius 1 is 0.514 bits per heavy atom. The fourth-order valence-electron chi connectivity index (χ4n) is 6.02. The van der Waals surface area contributed by atoms with Crippen molar-refractivity contribution < 1.29 is 76.3 Å². The van der Waals surface area contributed by atoms with Gasteiger partial charge in [-0.3, -0.25) is 34.1 Å². The van der Waals surface area contributed by atoms with Crippen molar-refractivity contribution in [3.8, 4) is 0 Å². The smallest absolute Gasteiger partial charge is 0.412 e. The van der Waals surface area contributed by atoms with Gasteiger partial charge in [0.2, 0.25) is 23.6 Å². The summed E-state index contributed by atoms with van der Waals surface area (Å²) in [5.41, 5.74) is 3.82. The fourth-order valence-corrected chi connectivity index (χ4v) is 6.02. The van der Waals surface area contributed by atoms with Crippen LogP contribution in [-0.4, -0.2) is 161 Å². The minimum absolute atomic E-state index is 0.0527. The van der Waals surface area contributed by atoms with E-state index in [-0.39, 0.29) is 90.2 Å². The molecule has 6 amide bonds. The van der Waals surface area contributed by atoms with Crippen LogP contribution in [0.4, 0.5) is 10.5 Å². The van der Waals surface area contributed by atoms with E-state index < -0.39 is 76.6 Å². The van der Waals surface area contributed by atoms with Crippen LogP contribution in [-0.2, 0) is 66.7 Å². The molecule has 1 unspecified atom stereocenters. The van der Waals surface area contributed by atoms with Gasteiger partial charge in [0, 0.05) is 43.7 Å². The third-order valence-corrected chi connectivity index (χ3v) is 9.24. The van der Waals surface area contributed by atoms with Crippen LogP contribution in [0.1, 0.15) is 125 Å². The molecule has 0 saturated heterocycles. The number of esters is 2. The van der Waals surface area contributed by atoms with Gasteiger partial charge in [-0.1, -0.05) is 0 Å². The standard InChI is InChI=1S/C49H81N7O16/c1-33(57)36(13-11-12-23-52-43(62)34-14-16-35(17-15-34)53-46(65)72-49(8,9)10)54-41(60)31-69-30-28-67-26-24-51-39(58)20-18-37(44(63)70-47(2,3)4)55-40(59)21-19-38(45(64)71-48(5,6)7)56-42(61)32-68-29-27-66-25-22-50/h14-17,36-38H,11-13,18-32,50H2,1-10H3,(H,51,58)(H,52,62)(H,53,65)(H,54,60)(H,55,59)(H,56,61)/t36-,37?,38-/m0/s1. The molecule has 0 aliphatic carbocycles. The van der Waals surface area contributed by atoms with E-state index in [9.17, 15) is 43.2 Å². The highest BCUT2D eigenvalue weighted by atomic mass is 16.6. The molecule has 0 radical (unpaired) electrons. The second-order valence-corrected chi connectivity index (χ2v) is 19.5. The lowest BCUT2D eigenvalue weighted by atomic mass is 10.1. The highest BCUT2D eigenvalue weighted by Crippen LogP contribution is 2.15. The zero-order valence-electron chi connectivity index (χ0n) is 43.9. The Bertz CT molecular complexity index is 1880. The molecule has 0 heterocycles. The summed E-state index contributed by atoms with van der Waals surface area (Å²) in [7, 11) is 0. The molecule has 0 aliphatic rings. The number of benzene rings is 1. The SMILES string of the molecule is CC(=O)[C@H](CCCCNC(=O)c1ccc(NC(=O)OC(C)(C)C)cc1)NC(=O)COCCOCCNC(=O)CCC(NC(=O)CC[C@H](NC(=O)COCCOCCN)C(=O)OC(C)(C)C)C(=O)OC(C)(C)C. The second kappa shape index (κ2) is 33.8. The summed E-state index contributed by atoms with van der Waals surface area (Å²) in [5.74, 6) is -4.23. The lowest BCUT2D eigenvalue weighted by molar-refractivity contribution is -0.160. The van der Waals surface area contributed by atoms with E-state index in [0.717, 1.165) is 0 Å². The number of hydrogen-bond acceptors (Lipinski definition) is 17. The highest BCUT2D eigenvalue weighted by Gasteiger charge is 2.30. The number of ether oxygens (including phenoxy) is 7. The Balaban J connectivity index is 2.47. The summed E-state index contributed by atoms with van der Waals surface area (Å²) in [6.07, 6.45) is 0.116. The van der Waals surface area contributed by atoms with E-state index in [1.807, 2.05) is 0 Å². The van der Waals surface area contributed by atoms with Gasteiger partial charge in [-0.05, 0) is 126 Å². The molecule has 0 spiro atoms. The molecule has 3 atom stereocenters. The van der Waals surface area contributed by atoms with Crippen molar-refractivity contribution in [1.82, 2.24) is 26.6 Å². The number of rotatable bonds is 34. The Labute approximate surface area is 423 Å². The molecule has 1 rings (SSSR count). The largest absolute Gasteiger partial charge is 0.458 e. The van der Waals surface area contributed by atoms with Gasteiger partial charge >= 0.3 is 18.0 Å². The van der Waals surface area contributed by atoms with Crippen molar-refractivity contribution in [3.05, 3.63) is 29.8 Å². The van der Waals surface area contributed by atoms with E-state index in [1.165, 1.54) is 6.92 Å². The summed E-state index contributed by atoms with van der Waals surface area (Å²) in [4.78, 5) is 114. The Hall–Kier alpha value is -5.75. The molecule has 1 aromatic carbocycles. The first-order chi connectivity index (χ1) is 33.7. The van der Waals surface area contributed by atoms with Crippen molar-refractivity contribution in [1.29, 1.82) is 0 Å². The number of ketones is 1. The number of carbonyl (C=O) groups is 9. The fraction of sp³-hybridized carbons (Fsp3) is 0.694. The number of carbonyl (C=O) groups excluding carboxylic acids is 9. The average molecular weight is 1020 g/mol. The lowest BCUT2D eigenvalue weighted by Crippen LogP contribution is -2.47. The van der Waals surface area contributed by atoms with Crippen LogP contribution in [0.2, 0.25) is 0 Å². The molecule has 23 nitrogen and oxygen atoms in total. The quantitative estimate of drug-likeness (QED) is 0.0296. The van der Waals surface area contributed by atoms with E-state index in [4.69, 9.17) is 38.9 Å². The Kier molecular flexibility index (Phi) is 30.2. The maximum atomic E-state index is 13.1. The summed E-state index contributed by atoms with van der Waals surface area (Å²) in [5, 5.41) is 15.9. The van der Waals surface area contributed by atoms with Crippen LogP contribution in [0.3, 0.4) is 0 Å². The van der Waals surface area contributed by atoms with Gasteiger partial charge in [-0.25, -0.2) is 14.4 Å². The lowest BCUT2D eigenvalue weighted by Gasteiger charge is -2.26. The van der Waals surface area contributed by atoms with Gasteiger partial charge in [0.25, 0.3) is 5.91 Å². The van der Waals surface area contributed by atoms with Crippen LogP contribution in [0.15, 0.2) is 24.3 Å². The number of hydrogen-bond donors (Lipinski definition) is 7. The molecule has 0 fully saturated rings. The van der Waals surface area contributed by atoms with Crippen LogP contribution in [0, 0.1) is 0 Å². The average Bonchev–Trinajstić information content (AvgIpc) is 3.26. The van der Waals surface area contributed by atoms with Gasteiger partial charge in [0.1, 0.15) is 42.1 Å². The van der Waals surface area contributed by atoms with Crippen molar-refractivity contribution in [2.75, 3.05) is 77.8 Å². The molecular formula is C49H81N7O16. The molecule has 23 heteroatoms. The van der Waals surface area contributed by atoms with Crippen LogP contribution >= 0.6 is 0 Å². The van der Waals surface area contributed by atoms with E-state index in [1.54, 1.807) is 86.6 Å². The molecule has 1 aromatic rings. The normalized spacial score (nSPS) is 12.8. The topological polar surface area (TPSA) is 316 Å². The number of nitrogens with two attached hydrogens (primary N) is 1. The summed E-state index contributed by atoms with van der Waals surface area (Å²) >= 11 is 0. The predicted molar refractivity (Wildman–Crippen MR) is 264 cm³/mol. The maximum Gasteiger partial charge on any atom is 0.412 e. The predicted octanol–water partition coefficient (Wildman–Crippen LogP) is 2.36. The molecule has 408 valence electrons. The first-order valence-corrected chi connectivity index (χ1v) is 24.2. The number of anilines is 1. The molecule has 72 heavy (non-hydrogen) atoms. The van der Waals surface area contributed by atoms with Crippen molar-refractivity contribution in [2.24, 2.45) is 5.73 Å². The molecule has 0 bridgehead atoms. The van der Waals surface area contributed by atoms with E-state index in [2.05, 4.69) is 31.9 Å². The van der Waals surface area contributed by atoms with Gasteiger partial charge in [0.05, 0.1) is 45.7 Å². The Morgan fingerprint density at radius 3 is 1.49 bits per heavy atom. The molecule has 8 N–H and O–H groups in total. The number of nitrogens with one attached hydrogen (secondary N) is 6. The number of amides is 6. The van der Waals surface area contributed by atoms with Crippen molar-refractivity contribution in [3.63, 3.8) is 0 Å². The minimum Gasteiger partial charge on any atom is -0.458 e. The molecule has 0 aromatic heterocycles. The maximum absolute atomic E-state index is 13.1. The van der Waals surface area contributed by atoms with Crippen LogP contribution in [0.5, 0.6) is 0 Å². The van der Waals surface area contributed by atoms with E-state index >= 15 is 0 Å². The van der Waals surface area contributed by atoms with Crippen molar-refractivity contribution >= 4 is 59.0 Å². The summed E-state index contributed by atoms with van der Waals surface area (Å²) in [6.45, 7) is 17.6. The zero-order valence-corrected chi connectivity index (χ0v) is 43.9. The minimum atomic E-state index is -1.21. The molecule has 0 saturated carbocycles. The highest BCUT2D eigenvalue weighted by molar-refractivity contribution is 5.95. The van der Waals surface area contributed by atoms with Gasteiger partial charge in [-0.15, -0.1) is 0 Å². The number of unbranched alkanes of at least 4 members (excludes halogenated alkanes) is 1. The van der Waals surface area contributed by atoms with Crippen LogP contribution in [0.25, 0.3) is 0 Å². The second-order valence-electron chi connectivity index (χ2n) is 19.5. The van der Waals surface area contributed by atoms with E-state index in [0.29, 0.717) is 50.2 Å². The van der Waals surface area contributed by atoms with Gasteiger partial charge in [-0.2, -0.15) is 0 Å². The van der Waals surface area contributed by atoms with Crippen LogP contribution < -0.4 is 37.6 Å². The third-order valence-electron chi connectivity index (χ3n) is 9.24.